The first-order valence-corrected chi connectivity index (χ1v) is 6.53. The third kappa shape index (κ3) is 2.50. The number of nitrogens with zero attached hydrogens (tertiary/aromatic N) is 4. The van der Waals surface area contributed by atoms with Gasteiger partial charge in [-0.2, -0.15) is 0 Å². The minimum atomic E-state index is -0.747. The van der Waals surface area contributed by atoms with Gasteiger partial charge in [0.1, 0.15) is 5.60 Å². The molecular formula is C12H22N4O. The molecule has 1 aliphatic heterocycles. The molecule has 1 aromatic heterocycles. The molecule has 1 fully saturated rings. The van der Waals surface area contributed by atoms with Crippen LogP contribution in [0.15, 0.2) is 6.20 Å². The Kier molecular flexibility index (Phi) is 3.79. The molecule has 0 saturated carbocycles. The molecule has 2 rings (SSSR count). The van der Waals surface area contributed by atoms with E-state index in [0.717, 1.165) is 51.1 Å². The Morgan fingerprint density at radius 3 is 2.82 bits per heavy atom. The zero-order valence-corrected chi connectivity index (χ0v) is 10.8. The van der Waals surface area contributed by atoms with Crippen LogP contribution in [0.4, 0.5) is 0 Å². The number of likely N-dealkylation sites (tertiary alicyclic amines) is 1. The summed E-state index contributed by atoms with van der Waals surface area (Å²) >= 11 is 0. The maximum absolute atomic E-state index is 10.8. The van der Waals surface area contributed by atoms with Crippen LogP contribution in [0.5, 0.6) is 0 Å². The third-order valence-electron chi connectivity index (χ3n) is 3.75. The van der Waals surface area contributed by atoms with Gasteiger partial charge >= 0.3 is 0 Å². The van der Waals surface area contributed by atoms with Crippen molar-refractivity contribution in [2.75, 3.05) is 19.6 Å². The van der Waals surface area contributed by atoms with Crippen molar-refractivity contribution < 1.29 is 5.11 Å². The largest absolute Gasteiger partial charge is 0.383 e. The highest BCUT2D eigenvalue weighted by molar-refractivity contribution is 5.09. The molecule has 0 amide bonds. The average molecular weight is 238 g/mol. The Morgan fingerprint density at radius 2 is 2.12 bits per heavy atom. The smallest absolute Gasteiger partial charge is 0.109 e. The SMILES string of the molecule is CCN1CCCC(O)(c2cnnn2CC)CC1. The Morgan fingerprint density at radius 1 is 1.29 bits per heavy atom. The Hall–Kier alpha value is -0.940. The summed E-state index contributed by atoms with van der Waals surface area (Å²) in [6, 6.07) is 0. The molecule has 2 heterocycles. The van der Waals surface area contributed by atoms with E-state index >= 15 is 0 Å². The van der Waals surface area contributed by atoms with Crippen molar-refractivity contribution in [3.05, 3.63) is 11.9 Å². The van der Waals surface area contributed by atoms with Gasteiger partial charge in [0.05, 0.1) is 11.9 Å². The molecule has 0 bridgehead atoms. The predicted octanol–water partition coefficient (Wildman–Crippen LogP) is 0.991. The second kappa shape index (κ2) is 5.14. The molecule has 5 heteroatoms. The van der Waals surface area contributed by atoms with Gasteiger partial charge in [0.15, 0.2) is 0 Å². The van der Waals surface area contributed by atoms with Crippen molar-refractivity contribution in [2.24, 2.45) is 0 Å². The first-order chi connectivity index (χ1) is 8.19. The molecule has 1 aliphatic rings. The summed E-state index contributed by atoms with van der Waals surface area (Å²) in [6.45, 7) is 8.03. The summed E-state index contributed by atoms with van der Waals surface area (Å²) in [5.41, 5.74) is 0.127. The number of aryl methyl sites for hydroxylation is 1. The summed E-state index contributed by atoms with van der Waals surface area (Å²) in [5, 5.41) is 18.7. The van der Waals surface area contributed by atoms with Crippen LogP contribution >= 0.6 is 0 Å². The van der Waals surface area contributed by atoms with Crippen LogP contribution in [0, 0.1) is 0 Å². The minimum absolute atomic E-state index is 0.747. The van der Waals surface area contributed by atoms with Gasteiger partial charge in [-0.25, -0.2) is 4.68 Å². The first kappa shape index (κ1) is 12.5. The maximum Gasteiger partial charge on any atom is 0.109 e. The Balaban J connectivity index is 2.18. The number of aliphatic hydroxyl groups is 1. The number of hydrogen-bond acceptors (Lipinski definition) is 4. The quantitative estimate of drug-likeness (QED) is 0.853. The van der Waals surface area contributed by atoms with E-state index in [0.29, 0.717) is 0 Å². The molecule has 1 atom stereocenters. The van der Waals surface area contributed by atoms with E-state index in [1.165, 1.54) is 0 Å². The van der Waals surface area contributed by atoms with Gasteiger partial charge in [0.2, 0.25) is 0 Å². The van der Waals surface area contributed by atoms with E-state index < -0.39 is 5.60 Å². The van der Waals surface area contributed by atoms with Crippen LogP contribution in [0.25, 0.3) is 0 Å². The van der Waals surface area contributed by atoms with E-state index in [1.807, 2.05) is 11.6 Å². The third-order valence-corrected chi connectivity index (χ3v) is 3.75. The van der Waals surface area contributed by atoms with Crippen molar-refractivity contribution in [1.82, 2.24) is 19.9 Å². The molecule has 1 unspecified atom stereocenters. The fraction of sp³-hybridized carbons (Fsp3) is 0.833. The molecule has 17 heavy (non-hydrogen) atoms. The van der Waals surface area contributed by atoms with Crippen LogP contribution in [0.2, 0.25) is 0 Å². The second-order valence-corrected chi connectivity index (χ2v) is 4.75. The maximum atomic E-state index is 10.8. The highest BCUT2D eigenvalue weighted by Gasteiger charge is 2.34. The Labute approximate surface area is 102 Å². The number of aromatic nitrogens is 3. The Bertz CT molecular complexity index is 365. The average Bonchev–Trinajstić information content (AvgIpc) is 2.74. The fourth-order valence-electron chi connectivity index (χ4n) is 2.60. The highest BCUT2D eigenvalue weighted by Crippen LogP contribution is 2.32. The molecule has 0 spiro atoms. The molecule has 0 radical (unpaired) electrons. The van der Waals surface area contributed by atoms with Crippen molar-refractivity contribution in [2.45, 2.75) is 45.3 Å². The first-order valence-electron chi connectivity index (χ1n) is 6.53. The van der Waals surface area contributed by atoms with Crippen molar-refractivity contribution in [1.29, 1.82) is 0 Å². The zero-order chi connectivity index (χ0) is 12.3. The molecule has 1 N–H and O–H groups in total. The standard InChI is InChI=1S/C12H22N4O/c1-3-15-8-5-6-12(17,7-9-15)11-10-13-14-16(11)4-2/h10,17H,3-9H2,1-2H3. The van der Waals surface area contributed by atoms with Gasteiger partial charge in [-0.1, -0.05) is 12.1 Å². The zero-order valence-electron chi connectivity index (χ0n) is 10.8. The number of rotatable bonds is 3. The summed E-state index contributed by atoms with van der Waals surface area (Å²) in [6.07, 6.45) is 4.31. The van der Waals surface area contributed by atoms with E-state index in [4.69, 9.17) is 0 Å². The molecule has 1 aromatic rings. The summed E-state index contributed by atoms with van der Waals surface area (Å²) in [7, 11) is 0. The molecule has 1 saturated heterocycles. The van der Waals surface area contributed by atoms with Crippen LogP contribution in [-0.4, -0.2) is 44.6 Å². The van der Waals surface area contributed by atoms with Gasteiger partial charge < -0.3 is 10.0 Å². The van der Waals surface area contributed by atoms with Crippen LogP contribution < -0.4 is 0 Å². The van der Waals surface area contributed by atoms with E-state index in [9.17, 15) is 5.11 Å². The highest BCUT2D eigenvalue weighted by atomic mass is 16.3. The lowest BCUT2D eigenvalue weighted by molar-refractivity contribution is 0.0127. The topological polar surface area (TPSA) is 54.2 Å². The normalized spacial score (nSPS) is 27.0. The summed E-state index contributed by atoms with van der Waals surface area (Å²) in [5.74, 6) is 0. The minimum Gasteiger partial charge on any atom is -0.383 e. The van der Waals surface area contributed by atoms with Crippen molar-refractivity contribution in [3.63, 3.8) is 0 Å². The molecule has 5 nitrogen and oxygen atoms in total. The van der Waals surface area contributed by atoms with Gasteiger partial charge in [-0.3, -0.25) is 0 Å². The van der Waals surface area contributed by atoms with E-state index in [-0.39, 0.29) is 0 Å². The van der Waals surface area contributed by atoms with Crippen LogP contribution in [0.3, 0.4) is 0 Å². The van der Waals surface area contributed by atoms with Gasteiger partial charge in [0, 0.05) is 13.1 Å². The summed E-state index contributed by atoms with van der Waals surface area (Å²) in [4.78, 5) is 2.39. The second-order valence-electron chi connectivity index (χ2n) is 4.75. The molecule has 96 valence electrons. The van der Waals surface area contributed by atoms with Crippen molar-refractivity contribution >= 4 is 0 Å². The van der Waals surface area contributed by atoms with Crippen molar-refractivity contribution in [3.8, 4) is 0 Å². The monoisotopic (exact) mass is 238 g/mol. The fourth-order valence-corrected chi connectivity index (χ4v) is 2.60. The lowest BCUT2D eigenvalue weighted by Crippen LogP contribution is -2.31. The molecule has 0 aliphatic carbocycles. The summed E-state index contributed by atoms with van der Waals surface area (Å²) < 4.78 is 1.81. The van der Waals surface area contributed by atoms with E-state index in [2.05, 4.69) is 22.1 Å². The van der Waals surface area contributed by atoms with Crippen LogP contribution in [-0.2, 0) is 12.1 Å². The lowest BCUT2D eigenvalue weighted by Gasteiger charge is -2.26. The van der Waals surface area contributed by atoms with Gasteiger partial charge in [-0.05, 0) is 39.3 Å². The van der Waals surface area contributed by atoms with Gasteiger partial charge in [0.25, 0.3) is 0 Å². The van der Waals surface area contributed by atoms with Gasteiger partial charge in [-0.15, -0.1) is 5.10 Å². The van der Waals surface area contributed by atoms with E-state index in [1.54, 1.807) is 6.20 Å². The molecule has 0 aromatic carbocycles. The predicted molar refractivity (Wildman–Crippen MR) is 65.6 cm³/mol. The number of hydrogen-bond donors (Lipinski definition) is 1. The molecular weight excluding hydrogens is 216 g/mol. The van der Waals surface area contributed by atoms with Crippen LogP contribution in [0.1, 0.15) is 38.8 Å². The lowest BCUT2D eigenvalue weighted by atomic mass is 9.91.